The molecule has 0 aliphatic carbocycles. The summed E-state index contributed by atoms with van der Waals surface area (Å²) in [7, 11) is 0. The van der Waals surface area contributed by atoms with Crippen LogP contribution in [-0.4, -0.2) is 51.3 Å². The van der Waals surface area contributed by atoms with Crippen LogP contribution in [0.3, 0.4) is 0 Å². The molecule has 2 aromatic heterocycles. The van der Waals surface area contributed by atoms with Crippen molar-refractivity contribution >= 4 is 29.2 Å². The van der Waals surface area contributed by atoms with E-state index in [0.29, 0.717) is 24.7 Å². The van der Waals surface area contributed by atoms with Crippen LogP contribution in [-0.2, 0) is 4.79 Å². The fourth-order valence-electron chi connectivity index (χ4n) is 2.96. The molecule has 1 aliphatic rings. The molecule has 3 heterocycles. The van der Waals surface area contributed by atoms with Gasteiger partial charge in [-0.1, -0.05) is 25.1 Å². The van der Waals surface area contributed by atoms with Crippen molar-refractivity contribution in [1.29, 1.82) is 0 Å². The quantitative estimate of drug-likeness (QED) is 0.773. The highest BCUT2D eigenvalue weighted by atomic mass is 32.1. The first-order chi connectivity index (χ1) is 13.0. The summed E-state index contributed by atoms with van der Waals surface area (Å²) in [4.78, 5) is 27.5. The van der Waals surface area contributed by atoms with Crippen LogP contribution >= 0.6 is 11.3 Å². The third kappa shape index (κ3) is 5.26. The fourth-order valence-corrected chi connectivity index (χ4v) is 3.58. The van der Waals surface area contributed by atoms with Crippen LogP contribution in [0.2, 0.25) is 0 Å². The van der Waals surface area contributed by atoms with Crippen molar-refractivity contribution in [1.82, 2.24) is 25.2 Å². The van der Waals surface area contributed by atoms with E-state index >= 15 is 0 Å². The molecule has 27 heavy (non-hydrogen) atoms. The Balaban J connectivity index is 1.59. The molecule has 0 saturated carbocycles. The first-order valence-electron chi connectivity index (χ1n) is 9.23. The maximum Gasteiger partial charge on any atom is 0.273 e. The van der Waals surface area contributed by atoms with Gasteiger partial charge in [0.1, 0.15) is 0 Å². The lowest BCUT2D eigenvalue weighted by Gasteiger charge is -2.31. The number of hydrogen-bond donors (Lipinski definition) is 1. The van der Waals surface area contributed by atoms with Crippen LogP contribution in [0.1, 0.15) is 48.1 Å². The number of carbonyl (C=O) groups is 2. The molecule has 1 atom stereocenters. The molecular formula is C19H25N5O2S. The number of likely N-dealkylation sites (tertiary alicyclic amines) is 1. The smallest absolute Gasteiger partial charge is 0.273 e. The summed E-state index contributed by atoms with van der Waals surface area (Å²) in [6.07, 6.45) is 6.96. The maximum absolute atomic E-state index is 12.5. The van der Waals surface area contributed by atoms with Crippen LogP contribution in [0, 0.1) is 5.92 Å². The van der Waals surface area contributed by atoms with Crippen LogP contribution in [0.4, 0.5) is 0 Å². The van der Waals surface area contributed by atoms with Gasteiger partial charge in [-0.3, -0.25) is 9.59 Å². The van der Waals surface area contributed by atoms with Crippen LogP contribution in [0.15, 0.2) is 29.8 Å². The van der Waals surface area contributed by atoms with E-state index in [9.17, 15) is 9.59 Å². The second kappa shape index (κ2) is 8.94. The molecule has 0 aromatic carbocycles. The molecule has 8 heteroatoms. The zero-order valence-electron chi connectivity index (χ0n) is 15.7. The SMILES string of the molecule is CC(C)CNC(=O)c1cn(C2CCCN(C(=O)/C=C/c3cccs3)C2)nn1. The van der Waals surface area contributed by atoms with E-state index in [2.05, 4.69) is 15.6 Å². The standard InChI is InChI=1S/C19H25N5O2S/c1-14(2)11-20-19(26)17-13-24(22-21-17)15-5-3-9-23(12-15)18(25)8-7-16-6-4-10-27-16/h4,6-8,10,13-15H,3,5,9,11-12H2,1-2H3,(H,20,26)/b8-7+. The molecule has 0 spiro atoms. The monoisotopic (exact) mass is 387 g/mol. The van der Waals surface area contributed by atoms with Crippen molar-refractivity contribution in [3.8, 4) is 0 Å². The Hall–Kier alpha value is -2.48. The Morgan fingerprint density at radius 2 is 2.30 bits per heavy atom. The van der Waals surface area contributed by atoms with Gasteiger partial charge in [-0.05, 0) is 36.3 Å². The summed E-state index contributed by atoms with van der Waals surface area (Å²) >= 11 is 1.60. The Labute approximate surface area is 163 Å². The zero-order chi connectivity index (χ0) is 19.2. The number of nitrogens with zero attached hydrogens (tertiary/aromatic N) is 4. The molecule has 144 valence electrons. The number of rotatable bonds is 6. The molecule has 1 N–H and O–H groups in total. The lowest BCUT2D eigenvalue weighted by Crippen LogP contribution is -2.40. The second-order valence-electron chi connectivity index (χ2n) is 7.12. The number of amides is 2. The lowest BCUT2D eigenvalue weighted by atomic mass is 10.1. The molecule has 1 unspecified atom stereocenters. The van der Waals surface area contributed by atoms with Gasteiger partial charge in [0.15, 0.2) is 5.69 Å². The molecule has 7 nitrogen and oxygen atoms in total. The van der Waals surface area contributed by atoms with E-state index in [1.165, 1.54) is 0 Å². The molecule has 1 aliphatic heterocycles. The van der Waals surface area contributed by atoms with E-state index in [1.807, 2.05) is 42.3 Å². The lowest BCUT2D eigenvalue weighted by molar-refractivity contribution is -0.127. The van der Waals surface area contributed by atoms with Crippen molar-refractivity contribution in [2.45, 2.75) is 32.7 Å². The van der Waals surface area contributed by atoms with Gasteiger partial charge in [0.2, 0.25) is 5.91 Å². The fraction of sp³-hybridized carbons (Fsp3) is 0.474. The first-order valence-corrected chi connectivity index (χ1v) is 10.1. The second-order valence-corrected chi connectivity index (χ2v) is 8.10. The molecule has 1 saturated heterocycles. The minimum atomic E-state index is -0.211. The van der Waals surface area contributed by atoms with E-state index in [1.54, 1.807) is 28.3 Å². The van der Waals surface area contributed by atoms with Gasteiger partial charge in [-0.2, -0.15) is 0 Å². The normalized spacial score (nSPS) is 17.6. The van der Waals surface area contributed by atoms with Gasteiger partial charge in [0, 0.05) is 30.6 Å². The number of nitrogens with one attached hydrogen (secondary N) is 1. The summed E-state index contributed by atoms with van der Waals surface area (Å²) in [6.45, 7) is 5.99. The van der Waals surface area contributed by atoms with Crippen molar-refractivity contribution in [2.75, 3.05) is 19.6 Å². The Bertz CT molecular complexity index is 797. The van der Waals surface area contributed by atoms with Crippen LogP contribution in [0.25, 0.3) is 6.08 Å². The van der Waals surface area contributed by atoms with Gasteiger partial charge < -0.3 is 10.2 Å². The van der Waals surface area contributed by atoms with E-state index in [-0.39, 0.29) is 17.9 Å². The molecule has 1 fully saturated rings. The largest absolute Gasteiger partial charge is 0.350 e. The van der Waals surface area contributed by atoms with E-state index in [4.69, 9.17) is 0 Å². The summed E-state index contributed by atoms with van der Waals surface area (Å²) in [6, 6.07) is 3.98. The van der Waals surface area contributed by atoms with Crippen LogP contribution in [0.5, 0.6) is 0 Å². The average molecular weight is 388 g/mol. The van der Waals surface area contributed by atoms with Gasteiger partial charge in [-0.15, -0.1) is 16.4 Å². The number of aromatic nitrogens is 3. The Morgan fingerprint density at radius 1 is 1.44 bits per heavy atom. The van der Waals surface area contributed by atoms with E-state index < -0.39 is 0 Å². The van der Waals surface area contributed by atoms with Gasteiger partial charge in [0.05, 0.1) is 12.2 Å². The molecule has 2 aromatic rings. The first kappa shape index (κ1) is 19.3. The highest BCUT2D eigenvalue weighted by Crippen LogP contribution is 2.21. The minimum absolute atomic E-state index is 0.00288. The van der Waals surface area contributed by atoms with Crippen molar-refractivity contribution in [2.24, 2.45) is 5.92 Å². The third-order valence-corrected chi connectivity index (χ3v) is 5.27. The molecule has 2 amide bonds. The van der Waals surface area contributed by atoms with Gasteiger partial charge >= 0.3 is 0 Å². The van der Waals surface area contributed by atoms with Crippen molar-refractivity contribution < 1.29 is 9.59 Å². The number of piperidine rings is 1. The zero-order valence-corrected chi connectivity index (χ0v) is 16.5. The Kier molecular flexibility index (Phi) is 6.39. The number of carbonyl (C=O) groups excluding carboxylic acids is 2. The molecular weight excluding hydrogens is 362 g/mol. The van der Waals surface area contributed by atoms with Crippen molar-refractivity contribution in [3.05, 3.63) is 40.4 Å². The molecule has 3 rings (SSSR count). The summed E-state index contributed by atoms with van der Waals surface area (Å²) < 4.78 is 1.71. The van der Waals surface area contributed by atoms with Gasteiger partial charge in [0.25, 0.3) is 5.91 Å². The summed E-state index contributed by atoms with van der Waals surface area (Å²) in [5.74, 6) is 0.171. The Morgan fingerprint density at radius 3 is 3.04 bits per heavy atom. The maximum atomic E-state index is 12.5. The van der Waals surface area contributed by atoms with E-state index in [0.717, 1.165) is 24.3 Å². The summed E-state index contributed by atoms with van der Waals surface area (Å²) in [5.41, 5.74) is 0.316. The van der Waals surface area contributed by atoms with Crippen molar-refractivity contribution in [3.63, 3.8) is 0 Å². The predicted octanol–water partition coefficient (Wildman–Crippen LogP) is 2.60. The number of thiophene rings is 1. The average Bonchev–Trinajstić information content (AvgIpc) is 3.36. The minimum Gasteiger partial charge on any atom is -0.350 e. The highest BCUT2D eigenvalue weighted by Gasteiger charge is 2.25. The summed E-state index contributed by atoms with van der Waals surface area (Å²) in [5, 5.41) is 12.9. The molecule has 0 radical (unpaired) electrons. The molecule has 0 bridgehead atoms. The van der Waals surface area contributed by atoms with Gasteiger partial charge in [-0.25, -0.2) is 4.68 Å². The van der Waals surface area contributed by atoms with Crippen LogP contribution < -0.4 is 5.32 Å². The number of hydrogen-bond acceptors (Lipinski definition) is 5. The predicted molar refractivity (Wildman–Crippen MR) is 105 cm³/mol. The topological polar surface area (TPSA) is 80.1 Å². The third-order valence-electron chi connectivity index (χ3n) is 4.43. The highest BCUT2D eigenvalue weighted by molar-refractivity contribution is 7.10.